The molecule has 1 aliphatic carbocycles. The van der Waals surface area contributed by atoms with Crippen LogP contribution < -0.4 is 0 Å². The lowest BCUT2D eigenvalue weighted by atomic mass is 9.80. The van der Waals surface area contributed by atoms with E-state index in [1.807, 2.05) is 0 Å². The van der Waals surface area contributed by atoms with Crippen molar-refractivity contribution in [1.82, 2.24) is 4.90 Å². The van der Waals surface area contributed by atoms with Gasteiger partial charge < -0.3 is 0 Å². The molecule has 0 radical (unpaired) electrons. The number of nitrogens with zero attached hydrogens (tertiary/aromatic N) is 3. The Kier molecular flexibility index (Phi) is 9.50. The predicted octanol–water partition coefficient (Wildman–Crippen LogP) is 7.48. The van der Waals surface area contributed by atoms with Gasteiger partial charge in [0.25, 0.3) is 0 Å². The fraction of sp³-hybridized carbons (Fsp3) is 0.600. The zero-order valence-electron chi connectivity index (χ0n) is 25.8. The van der Waals surface area contributed by atoms with E-state index >= 15 is 0 Å². The van der Waals surface area contributed by atoms with Gasteiger partial charge in [0.05, 0.1) is 17.5 Å². The van der Waals surface area contributed by atoms with E-state index in [9.17, 15) is 8.42 Å². The van der Waals surface area contributed by atoms with Crippen LogP contribution in [0.2, 0.25) is 0 Å². The maximum atomic E-state index is 12.0. The van der Waals surface area contributed by atoms with Crippen LogP contribution in [0.1, 0.15) is 102 Å². The molecule has 41 heavy (non-hydrogen) atoms. The van der Waals surface area contributed by atoms with Crippen molar-refractivity contribution in [3.63, 3.8) is 0 Å². The molecule has 0 aromatic heterocycles. The molecule has 222 valence electrons. The van der Waals surface area contributed by atoms with Gasteiger partial charge in [0.2, 0.25) is 0 Å². The third kappa shape index (κ3) is 7.02. The summed E-state index contributed by atoms with van der Waals surface area (Å²) >= 11 is 0. The molecule has 2 saturated heterocycles. The molecule has 3 aliphatic heterocycles. The summed E-state index contributed by atoms with van der Waals surface area (Å²) < 4.78 is 24.1. The number of allylic oxidation sites excluding steroid dienone is 6. The number of benzene rings is 1. The Bertz CT molecular complexity index is 1390. The number of fused-ring (bicyclic) bond motifs is 2. The molecule has 0 amide bonds. The third-order valence-electron chi connectivity index (χ3n) is 9.64. The van der Waals surface area contributed by atoms with Crippen LogP contribution in [0.3, 0.4) is 0 Å². The quantitative estimate of drug-likeness (QED) is 0.339. The van der Waals surface area contributed by atoms with Crippen molar-refractivity contribution in [1.29, 1.82) is 0 Å². The molecule has 2 fully saturated rings. The fourth-order valence-corrected chi connectivity index (χ4v) is 9.10. The van der Waals surface area contributed by atoms with E-state index in [0.29, 0.717) is 29.4 Å². The SMILES string of the molecule is CCCC(/C1=C/CCC2CC(=NC=N2)/C(C)=C\1)=C(\c1cc(C2CCN(C3CCS(=O)(=O)C3)CC2)ccc1C)C(C)C. The summed E-state index contributed by atoms with van der Waals surface area (Å²) in [6.45, 7) is 13.5. The molecule has 4 aliphatic rings. The van der Waals surface area contributed by atoms with E-state index in [-0.39, 0.29) is 6.04 Å². The van der Waals surface area contributed by atoms with Crippen LogP contribution >= 0.6 is 0 Å². The second kappa shape index (κ2) is 12.9. The number of hydrogen-bond acceptors (Lipinski definition) is 5. The molecule has 2 bridgehead atoms. The summed E-state index contributed by atoms with van der Waals surface area (Å²) in [4.78, 5) is 11.7. The Balaban J connectivity index is 1.46. The van der Waals surface area contributed by atoms with Gasteiger partial charge in [-0.1, -0.05) is 57.5 Å². The normalized spacial score (nSPS) is 28.6. The van der Waals surface area contributed by atoms with Crippen molar-refractivity contribution in [2.24, 2.45) is 15.9 Å². The smallest absolute Gasteiger partial charge is 0.151 e. The summed E-state index contributed by atoms with van der Waals surface area (Å²) in [5.41, 5.74) is 11.0. The van der Waals surface area contributed by atoms with Crippen LogP contribution in [0.15, 0.2) is 57.1 Å². The van der Waals surface area contributed by atoms with Crippen LogP contribution in [-0.2, 0) is 9.84 Å². The second-order valence-corrected chi connectivity index (χ2v) is 15.2. The first-order valence-electron chi connectivity index (χ1n) is 15.9. The standard InChI is InChI=1S/C35H49N3O2S/c1-6-8-32(29-9-7-10-30-21-34(26(5)19-29)37-23-36-30)35(24(2)3)33-20-28(12-11-25(33)4)27-13-16-38(17-14-27)31-15-18-41(39,40)22-31/h9,11-12,19-20,23-24,27,30-31H,6-8,10,13-18,21-22H2,1-5H3/b26-19-,29-9+,35-32+. The lowest BCUT2D eigenvalue weighted by molar-refractivity contribution is 0.165. The van der Waals surface area contributed by atoms with E-state index in [0.717, 1.165) is 64.5 Å². The van der Waals surface area contributed by atoms with Crippen molar-refractivity contribution in [3.8, 4) is 0 Å². The van der Waals surface area contributed by atoms with Crippen molar-refractivity contribution in [3.05, 3.63) is 63.8 Å². The minimum atomic E-state index is -2.84. The summed E-state index contributed by atoms with van der Waals surface area (Å²) in [5.74, 6) is 1.63. The summed E-state index contributed by atoms with van der Waals surface area (Å²) in [5, 5.41) is 0. The van der Waals surface area contributed by atoms with Crippen molar-refractivity contribution in [2.45, 2.75) is 104 Å². The Hall–Kier alpha value is -2.31. The van der Waals surface area contributed by atoms with Crippen molar-refractivity contribution in [2.75, 3.05) is 24.6 Å². The van der Waals surface area contributed by atoms with Gasteiger partial charge in [-0.2, -0.15) is 0 Å². The average Bonchev–Trinajstić information content (AvgIpc) is 3.34. The number of aryl methyl sites for hydroxylation is 1. The second-order valence-electron chi connectivity index (χ2n) is 13.0. The minimum Gasteiger partial charge on any atom is -0.299 e. The molecule has 6 heteroatoms. The molecule has 1 aromatic rings. The predicted molar refractivity (Wildman–Crippen MR) is 174 cm³/mol. The van der Waals surface area contributed by atoms with Crippen molar-refractivity contribution >= 4 is 27.5 Å². The Morgan fingerprint density at radius 2 is 1.88 bits per heavy atom. The average molecular weight is 576 g/mol. The zero-order valence-corrected chi connectivity index (χ0v) is 26.6. The largest absolute Gasteiger partial charge is 0.299 e. The number of sulfone groups is 1. The van der Waals surface area contributed by atoms with Gasteiger partial charge in [0.15, 0.2) is 9.84 Å². The molecule has 2 atom stereocenters. The number of aliphatic imine (C=N–C) groups is 2. The fourth-order valence-electron chi connectivity index (χ4n) is 7.33. The molecule has 1 aromatic carbocycles. The number of piperidine rings is 1. The van der Waals surface area contributed by atoms with Gasteiger partial charge >= 0.3 is 0 Å². The van der Waals surface area contributed by atoms with Gasteiger partial charge in [-0.05, 0) is 116 Å². The van der Waals surface area contributed by atoms with E-state index in [1.165, 1.54) is 44.7 Å². The summed E-state index contributed by atoms with van der Waals surface area (Å²) in [6.07, 6.45) is 14.8. The molecule has 0 N–H and O–H groups in total. The Labute approximate surface area is 248 Å². The minimum absolute atomic E-state index is 0.219. The first-order valence-corrected chi connectivity index (χ1v) is 17.7. The first-order chi connectivity index (χ1) is 19.6. The highest BCUT2D eigenvalue weighted by molar-refractivity contribution is 7.91. The zero-order chi connectivity index (χ0) is 29.1. The van der Waals surface area contributed by atoms with Gasteiger partial charge in [0, 0.05) is 18.2 Å². The van der Waals surface area contributed by atoms with E-state index in [1.54, 1.807) is 6.34 Å². The van der Waals surface area contributed by atoms with Crippen LogP contribution in [-0.4, -0.2) is 62.0 Å². The first kappa shape index (κ1) is 30.2. The monoisotopic (exact) mass is 575 g/mol. The van der Waals surface area contributed by atoms with Gasteiger partial charge in [-0.25, -0.2) is 13.4 Å². The molecular formula is C35H49N3O2S. The molecule has 0 spiro atoms. The lowest BCUT2D eigenvalue weighted by Gasteiger charge is -2.36. The van der Waals surface area contributed by atoms with Crippen LogP contribution in [0.4, 0.5) is 0 Å². The highest BCUT2D eigenvalue weighted by atomic mass is 32.2. The summed E-state index contributed by atoms with van der Waals surface area (Å²) in [6, 6.07) is 7.74. The maximum absolute atomic E-state index is 12.0. The molecule has 5 rings (SSSR count). The molecular weight excluding hydrogens is 526 g/mol. The topological polar surface area (TPSA) is 62.1 Å². The van der Waals surface area contributed by atoms with E-state index < -0.39 is 9.84 Å². The Morgan fingerprint density at radius 3 is 2.56 bits per heavy atom. The highest BCUT2D eigenvalue weighted by Crippen LogP contribution is 2.39. The van der Waals surface area contributed by atoms with Crippen LogP contribution in [0, 0.1) is 12.8 Å². The number of hydrogen-bond donors (Lipinski definition) is 0. The molecule has 0 saturated carbocycles. The van der Waals surface area contributed by atoms with E-state index in [4.69, 9.17) is 0 Å². The number of rotatable bonds is 7. The van der Waals surface area contributed by atoms with Crippen LogP contribution in [0.5, 0.6) is 0 Å². The Morgan fingerprint density at radius 1 is 1.10 bits per heavy atom. The van der Waals surface area contributed by atoms with Crippen LogP contribution in [0.25, 0.3) is 5.57 Å². The summed E-state index contributed by atoms with van der Waals surface area (Å²) in [7, 11) is -2.84. The highest BCUT2D eigenvalue weighted by Gasteiger charge is 2.34. The number of likely N-dealkylation sites (tertiary alicyclic amines) is 1. The third-order valence-corrected chi connectivity index (χ3v) is 11.4. The van der Waals surface area contributed by atoms with E-state index in [2.05, 4.69) is 79.9 Å². The molecule has 3 heterocycles. The molecule has 2 unspecified atom stereocenters. The van der Waals surface area contributed by atoms with Crippen molar-refractivity contribution < 1.29 is 8.42 Å². The van der Waals surface area contributed by atoms with Gasteiger partial charge in [-0.3, -0.25) is 9.89 Å². The van der Waals surface area contributed by atoms with Gasteiger partial charge in [0.1, 0.15) is 6.34 Å². The maximum Gasteiger partial charge on any atom is 0.151 e. The van der Waals surface area contributed by atoms with Gasteiger partial charge in [-0.15, -0.1) is 0 Å². The lowest BCUT2D eigenvalue weighted by Crippen LogP contribution is -2.41. The molecule has 5 nitrogen and oxygen atoms in total.